The summed E-state index contributed by atoms with van der Waals surface area (Å²) in [4.78, 5) is 0.503. The van der Waals surface area contributed by atoms with E-state index in [0.29, 0.717) is 4.90 Å². The molecule has 0 saturated heterocycles. The predicted octanol–water partition coefficient (Wildman–Crippen LogP) is 1.31. The molecule has 66 valence electrons. The van der Waals surface area contributed by atoms with E-state index in [1.54, 1.807) is 24.3 Å². The van der Waals surface area contributed by atoms with Crippen molar-refractivity contribution in [1.82, 2.24) is 0 Å². The molecule has 0 saturated carbocycles. The Labute approximate surface area is 76.9 Å². The number of benzene rings is 1. The van der Waals surface area contributed by atoms with Gasteiger partial charge in [-0.1, -0.05) is 12.1 Å². The Hall–Kier alpha value is -0.680. The first-order valence-corrected chi connectivity index (χ1v) is 5.43. The summed E-state index contributed by atoms with van der Waals surface area (Å²) in [7, 11) is -3.45. The fourth-order valence-electron chi connectivity index (χ4n) is 0.691. The second kappa shape index (κ2) is 3.37. The van der Waals surface area contributed by atoms with Crippen LogP contribution in [-0.4, -0.2) is 14.7 Å². The van der Waals surface area contributed by atoms with Crippen molar-refractivity contribution in [2.24, 2.45) is 0 Å². The van der Waals surface area contributed by atoms with E-state index < -0.39 is 10.1 Å². The molecule has 0 N–H and O–H groups in total. The molecule has 0 aliphatic rings. The average Bonchev–Trinajstić information content (AvgIpc) is 1.91. The maximum atomic E-state index is 10.7. The van der Waals surface area contributed by atoms with Crippen molar-refractivity contribution in [2.45, 2.75) is 4.90 Å². The number of hydrogen-bond donors (Lipinski definition) is 1. The molecule has 0 heterocycles. The lowest BCUT2D eigenvalue weighted by atomic mass is 10.3. The standard InChI is InChI=1S/C7H8O3S2/c1-12(8,9)10-6-4-2-3-5-7(6)11/h2-5,11H,1H3. The van der Waals surface area contributed by atoms with Gasteiger partial charge in [0.2, 0.25) is 0 Å². The van der Waals surface area contributed by atoms with Crippen LogP contribution in [0.25, 0.3) is 0 Å². The largest absolute Gasteiger partial charge is 0.381 e. The second-order valence-electron chi connectivity index (χ2n) is 2.26. The van der Waals surface area contributed by atoms with Crippen LogP contribution in [0.4, 0.5) is 0 Å². The van der Waals surface area contributed by atoms with E-state index in [0.717, 1.165) is 6.26 Å². The van der Waals surface area contributed by atoms with Gasteiger partial charge in [-0.3, -0.25) is 0 Å². The van der Waals surface area contributed by atoms with Gasteiger partial charge in [0, 0.05) is 4.90 Å². The summed E-state index contributed by atoms with van der Waals surface area (Å²) in [5.41, 5.74) is 0. The van der Waals surface area contributed by atoms with E-state index in [-0.39, 0.29) is 5.75 Å². The minimum absolute atomic E-state index is 0.253. The number of para-hydroxylation sites is 1. The van der Waals surface area contributed by atoms with Gasteiger partial charge in [0.15, 0.2) is 5.75 Å². The third-order valence-corrected chi connectivity index (χ3v) is 1.96. The Bertz CT molecular complexity index is 370. The average molecular weight is 204 g/mol. The van der Waals surface area contributed by atoms with Gasteiger partial charge in [0.25, 0.3) is 0 Å². The molecule has 5 heteroatoms. The molecule has 1 rings (SSSR count). The smallest absolute Gasteiger partial charge is 0.306 e. The van der Waals surface area contributed by atoms with Gasteiger partial charge in [-0.25, -0.2) is 0 Å². The molecule has 0 atom stereocenters. The van der Waals surface area contributed by atoms with Crippen LogP contribution in [0.15, 0.2) is 29.2 Å². The highest BCUT2D eigenvalue weighted by atomic mass is 32.2. The van der Waals surface area contributed by atoms with Crippen molar-refractivity contribution in [3.63, 3.8) is 0 Å². The zero-order chi connectivity index (χ0) is 9.19. The highest BCUT2D eigenvalue weighted by molar-refractivity contribution is 7.86. The Morgan fingerprint density at radius 3 is 2.42 bits per heavy atom. The minimum Gasteiger partial charge on any atom is -0.381 e. The zero-order valence-electron chi connectivity index (χ0n) is 6.39. The topological polar surface area (TPSA) is 43.4 Å². The van der Waals surface area contributed by atoms with Crippen LogP contribution in [0.3, 0.4) is 0 Å². The van der Waals surface area contributed by atoms with Crippen molar-refractivity contribution < 1.29 is 12.6 Å². The van der Waals surface area contributed by atoms with Crippen LogP contribution in [0.1, 0.15) is 0 Å². The van der Waals surface area contributed by atoms with Crippen LogP contribution in [0, 0.1) is 0 Å². The molecule has 0 spiro atoms. The SMILES string of the molecule is CS(=O)(=O)Oc1ccccc1S. The molecule has 0 bridgehead atoms. The van der Waals surface area contributed by atoms with E-state index in [1.165, 1.54) is 0 Å². The highest BCUT2D eigenvalue weighted by Gasteiger charge is 2.05. The summed E-state index contributed by atoms with van der Waals surface area (Å²) >= 11 is 4.02. The predicted molar refractivity (Wildman–Crippen MR) is 49.2 cm³/mol. The van der Waals surface area contributed by atoms with E-state index in [1.807, 2.05) is 0 Å². The Kier molecular flexibility index (Phi) is 2.64. The van der Waals surface area contributed by atoms with E-state index in [9.17, 15) is 8.42 Å². The molecule has 12 heavy (non-hydrogen) atoms. The second-order valence-corrected chi connectivity index (χ2v) is 4.31. The van der Waals surface area contributed by atoms with Gasteiger partial charge in [-0.15, -0.1) is 12.6 Å². The fraction of sp³-hybridized carbons (Fsp3) is 0.143. The molecular formula is C7H8O3S2. The molecule has 0 aliphatic heterocycles. The van der Waals surface area contributed by atoms with E-state index in [4.69, 9.17) is 0 Å². The zero-order valence-corrected chi connectivity index (χ0v) is 8.10. The lowest BCUT2D eigenvalue weighted by molar-refractivity contribution is 0.487. The van der Waals surface area contributed by atoms with Crippen molar-refractivity contribution in [3.8, 4) is 5.75 Å². The van der Waals surface area contributed by atoms with Crippen LogP contribution in [-0.2, 0) is 10.1 Å². The van der Waals surface area contributed by atoms with Gasteiger partial charge in [0.05, 0.1) is 6.26 Å². The van der Waals surface area contributed by atoms with Crippen LogP contribution in [0.5, 0.6) is 5.75 Å². The maximum absolute atomic E-state index is 10.7. The molecule has 0 aromatic heterocycles. The minimum atomic E-state index is -3.45. The third-order valence-electron chi connectivity index (χ3n) is 1.11. The molecule has 3 nitrogen and oxygen atoms in total. The third kappa shape index (κ3) is 2.75. The molecule has 0 amide bonds. The normalized spacial score (nSPS) is 11.2. The summed E-state index contributed by atoms with van der Waals surface area (Å²) in [6.45, 7) is 0. The quantitative estimate of drug-likeness (QED) is 0.583. The molecule has 1 aromatic rings. The summed E-state index contributed by atoms with van der Waals surface area (Å²) in [5.74, 6) is 0.253. The van der Waals surface area contributed by atoms with Crippen LogP contribution in [0.2, 0.25) is 0 Å². The first kappa shape index (κ1) is 9.41. The number of rotatable bonds is 2. The highest BCUT2D eigenvalue weighted by Crippen LogP contribution is 2.22. The molecule has 1 aromatic carbocycles. The summed E-state index contributed by atoms with van der Waals surface area (Å²) in [6.07, 6.45) is 0.993. The van der Waals surface area contributed by atoms with Gasteiger partial charge < -0.3 is 4.18 Å². The maximum Gasteiger partial charge on any atom is 0.306 e. The summed E-state index contributed by atoms with van der Waals surface area (Å²) in [5, 5.41) is 0. The van der Waals surface area contributed by atoms with E-state index >= 15 is 0 Å². The molecular weight excluding hydrogens is 196 g/mol. The lowest BCUT2D eigenvalue weighted by Crippen LogP contribution is -2.05. The van der Waals surface area contributed by atoms with Crippen molar-refractivity contribution in [3.05, 3.63) is 24.3 Å². The Morgan fingerprint density at radius 1 is 1.33 bits per heavy atom. The van der Waals surface area contributed by atoms with Gasteiger partial charge in [-0.05, 0) is 12.1 Å². The summed E-state index contributed by atoms with van der Waals surface area (Å²) in [6, 6.07) is 6.63. The van der Waals surface area contributed by atoms with Crippen molar-refractivity contribution in [2.75, 3.05) is 6.26 Å². The number of hydrogen-bond acceptors (Lipinski definition) is 4. The Morgan fingerprint density at radius 2 is 1.92 bits per heavy atom. The van der Waals surface area contributed by atoms with Gasteiger partial charge in [-0.2, -0.15) is 8.42 Å². The Balaban J connectivity index is 2.98. The van der Waals surface area contributed by atoms with Crippen molar-refractivity contribution in [1.29, 1.82) is 0 Å². The van der Waals surface area contributed by atoms with Crippen LogP contribution >= 0.6 is 12.6 Å². The van der Waals surface area contributed by atoms with Gasteiger partial charge >= 0.3 is 10.1 Å². The summed E-state index contributed by atoms with van der Waals surface area (Å²) < 4.78 is 26.0. The molecule has 0 radical (unpaired) electrons. The van der Waals surface area contributed by atoms with Gasteiger partial charge in [0.1, 0.15) is 0 Å². The first-order chi connectivity index (χ1) is 5.49. The molecule has 0 aliphatic carbocycles. The molecule has 0 unspecified atom stereocenters. The van der Waals surface area contributed by atoms with Crippen molar-refractivity contribution >= 4 is 22.7 Å². The monoisotopic (exact) mass is 204 g/mol. The molecule has 0 fully saturated rings. The first-order valence-electron chi connectivity index (χ1n) is 3.16. The number of thiol groups is 1. The lowest BCUT2D eigenvalue weighted by Gasteiger charge is -2.03. The fourth-order valence-corrected chi connectivity index (χ4v) is 1.43. The van der Waals surface area contributed by atoms with Crippen LogP contribution < -0.4 is 4.18 Å². The van der Waals surface area contributed by atoms with E-state index in [2.05, 4.69) is 16.8 Å².